The Bertz CT molecular complexity index is 825. The van der Waals surface area contributed by atoms with Gasteiger partial charge in [0.15, 0.2) is 5.82 Å². The van der Waals surface area contributed by atoms with E-state index in [0.29, 0.717) is 23.8 Å². The quantitative estimate of drug-likeness (QED) is 0.830. The lowest BCUT2D eigenvalue weighted by atomic mass is 10.3. The highest BCUT2D eigenvalue weighted by Crippen LogP contribution is 2.18. The van der Waals surface area contributed by atoms with E-state index in [1.54, 1.807) is 4.90 Å². The third-order valence-electron chi connectivity index (χ3n) is 4.03. The van der Waals surface area contributed by atoms with Crippen molar-refractivity contribution in [1.82, 2.24) is 20.3 Å². The molecule has 0 atom stereocenters. The normalized spacial score (nSPS) is 13.6. The van der Waals surface area contributed by atoms with Crippen LogP contribution in [0.15, 0.2) is 18.2 Å². The molecule has 144 valence electrons. The molecule has 3 rings (SSSR count). The summed E-state index contributed by atoms with van der Waals surface area (Å²) in [5.74, 6) is -0.0992. The zero-order chi connectivity index (χ0) is 19.4. The molecule has 2 amide bonds. The molecule has 27 heavy (non-hydrogen) atoms. The Morgan fingerprint density at radius 3 is 2.59 bits per heavy atom. The number of nitrogens with one attached hydrogen (secondary N) is 2. The first-order valence-corrected chi connectivity index (χ1v) is 8.59. The molecule has 8 nitrogen and oxygen atoms in total. The first kappa shape index (κ1) is 18.7. The number of aromatic nitrogens is 3. The molecule has 2 heterocycles. The molecular weight excluding hydrogens is 356 g/mol. The lowest BCUT2D eigenvalue weighted by molar-refractivity contribution is 0.251. The molecule has 2 aromatic rings. The summed E-state index contributed by atoms with van der Waals surface area (Å²) < 4.78 is 26.5. The Balaban J connectivity index is 1.68. The maximum Gasteiger partial charge on any atom is 0.319 e. The highest BCUT2D eigenvalue weighted by Gasteiger charge is 2.18. The minimum absolute atomic E-state index is 0.0405. The van der Waals surface area contributed by atoms with Crippen LogP contribution in [0.3, 0.4) is 0 Å². The first-order valence-electron chi connectivity index (χ1n) is 8.59. The van der Waals surface area contributed by atoms with Crippen molar-refractivity contribution in [3.05, 3.63) is 35.7 Å². The lowest BCUT2D eigenvalue weighted by Gasteiger charge is -2.19. The van der Waals surface area contributed by atoms with Gasteiger partial charge in [0.2, 0.25) is 11.9 Å². The fourth-order valence-corrected chi connectivity index (χ4v) is 2.65. The van der Waals surface area contributed by atoms with Crippen LogP contribution in [0.2, 0.25) is 0 Å². The zero-order valence-electron chi connectivity index (χ0n) is 15.2. The molecule has 0 bridgehead atoms. The fourth-order valence-electron chi connectivity index (χ4n) is 2.65. The van der Waals surface area contributed by atoms with E-state index in [2.05, 4.69) is 30.5 Å². The number of hydrogen-bond donors (Lipinski definition) is 2. The molecule has 1 aliphatic heterocycles. The highest BCUT2D eigenvalue weighted by molar-refractivity contribution is 5.89. The third kappa shape index (κ3) is 4.78. The maximum atomic E-state index is 13.6. The van der Waals surface area contributed by atoms with Crippen LogP contribution in [0, 0.1) is 11.6 Å². The summed E-state index contributed by atoms with van der Waals surface area (Å²) in [6, 6.07) is 2.28. The summed E-state index contributed by atoms with van der Waals surface area (Å²) in [7, 11) is 3.65. The molecule has 0 radical (unpaired) electrons. The van der Waals surface area contributed by atoms with Gasteiger partial charge in [-0.1, -0.05) is 0 Å². The summed E-state index contributed by atoms with van der Waals surface area (Å²) in [5.41, 5.74) is -0.115. The van der Waals surface area contributed by atoms with Gasteiger partial charge in [0.1, 0.15) is 11.6 Å². The fraction of sp³-hybridized carbons (Fsp3) is 0.412. The van der Waals surface area contributed by atoms with E-state index >= 15 is 0 Å². The van der Waals surface area contributed by atoms with Crippen LogP contribution in [0.25, 0.3) is 0 Å². The second kappa shape index (κ2) is 8.11. The first-order chi connectivity index (χ1) is 12.9. The molecule has 0 saturated carbocycles. The van der Waals surface area contributed by atoms with Crippen molar-refractivity contribution < 1.29 is 13.6 Å². The summed E-state index contributed by atoms with van der Waals surface area (Å²) in [4.78, 5) is 29.0. The predicted octanol–water partition coefficient (Wildman–Crippen LogP) is 2.14. The molecule has 1 aromatic carbocycles. The Kier molecular flexibility index (Phi) is 5.63. The molecule has 1 aromatic heterocycles. The number of anilines is 3. The van der Waals surface area contributed by atoms with Crippen molar-refractivity contribution in [3.8, 4) is 0 Å². The van der Waals surface area contributed by atoms with Crippen LogP contribution in [-0.2, 0) is 6.54 Å². The van der Waals surface area contributed by atoms with Crippen molar-refractivity contribution in [1.29, 1.82) is 0 Å². The van der Waals surface area contributed by atoms with Gasteiger partial charge in [-0.15, -0.1) is 0 Å². The van der Waals surface area contributed by atoms with E-state index in [1.807, 2.05) is 14.1 Å². The maximum absolute atomic E-state index is 13.6. The smallest absolute Gasteiger partial charge is 0.319 e. The van der Waals surface area contributed by atoms with Gasteiger partial charge >= 0.3 is 6.03 Å². The Hall–Kier alpha value is -3.04. The number of benzene rings is 1. The van der Waals surface area contributed by atoms with Crippen molar-refractivity contribution in [2.75, 3.05) is 42.3 Å². The molecule has 0 spiro atoms. The molecule has 1 saturated heterocycles. The van der Waals surface area contributed by atoms with Crippen LogP contribution in [0.4, 0.5) is 31.2 Å². The van der Waals surface area contributed by atoms with E-state index in [-0.39, 0.29) is 12.2 Å². The largest absolute Gasteiger partial charge is 0.347 e. The van der Waals surface area contributed by atoms with E-state index < -0.39 is 17.7 Å². The molecule has 2 N–H and O–H groups in total. The SMILES string of the molecule is CN(C)c1nc(CNC(=O)Nc2ccc(F)cc2F)nc(N2CCCC2)n1. The van der Waals surface area contributed by atoms with E-state index in [4.69, 9.17) is 0 Å². The van der Waals surface area contributed by atoms with Gasteiger partial charge < -0.3 is 20.4 Å². The number of rotatable bonds is 5. The zero-order valence-corrected chi connectivity index (χ0v) is 15.2. The average Bonchev–Trinajstić information content (AvgIpc) is 3.17. The third-order valence-corrected chi connectivity index (χ3v) is 4.03. The molecule has 10 heteroatoms. The predicted molar refractivity (Wildman–Crippen MR) is 97.8 cm³/mol. The average molecular weight is 377 g/mol. The van der Waals surface area contributed by atoms with Crippen LogP contribution >= 0.6 is 0 Å². The standard InChI is InChI=1S/C17H21F2N7O/c1-25(2)15-22-14(23-16(24-15)26-7-3-4-8-26)10-20-17(27)21-13-6-5-11(18)9-12(13)19/h5-6,9H,3-4,7-8,10H2,1-2H3,(H2,20,21,27). The summed E-state index contributed by atoms with van der Waals surface area (Å²) in [6.45, 7) is 1.81. The van der Waals surface area contributed by atoms with E-state index in [1.165, 1.54) is 0 Å². The number of carbonyl (C=O) groups is 1. The minimum Gasteiger partial charge on any atom is -0.347 e. The Morgan fingerprint density at radius 2 is 1.93 bits per heavy atom. The Morgan fingerprint density at radius 1 is 1.19 bits per heavy atom. The summed E-state index contributed by atoms with van der Waals surface area (Å²) in [5, 5.41) is 4.90. The molecule has 0 unspecified atom stereocenters. The van der Waals surface area contributed by atoms with Gasteiger partial charge in [0.05, 0.1) is 12.2 Å². The summed E-state index contributed by atoms with van der Waals surface area (Å²) >= 11 is 0. The van der Waals surface area contributed by atoms with Gasteiger partial charge in [-0.05, 0) is 25.0 Å². The van der Waals surface area contributed by atoms with Crippen molar-refractivity contribution >= 4 is 23.6 Å². The van der Waals surface area contributed by atoms with Gasteiger partial charge in [0.25, 0.3) is 0 Å². The van der Waals surface area contributed by atoms with Crippen LogP contribution in [-0.4, -0.2) is 48.2 Å². The molecule has 1 aliphatic rings. The second-order valence-electron chi connectivity index (χ2n) is 6.37. The van der Waals surface area contributed by atoms with Crippen LogP contribution < -0.4 is 20.4 Å². The van der Waals surface area contributed by atoms with Crippen molar-refractivity contribution in [2.45, 2.75) is 19.4 Å². The number of urea groups is 1. The van der Waals surface area contributed by atoms with Crippen molar-refractivity contribution in [3.63, 3.8) is 0 Å². The van der Waals surface area contributed by atoms with Crippen LogP contribution in [0.1, 0.15) is 18.7 Å². The molecular formula is C17H21F2N7O. The summed E-state index contributed by atoms with van der Waals surface area (Å²) in [6.07, 6.45) is 2.17. The van der Waals surface area contributed by atoms with Gasteiger partial charge in [-0.25, -0.2) is 13.6 Å². The molecule has 0 aliphatic carbocycles. The van der Waals surface area contributed by atoms with Gasteiger partial charge in [-0.3, -0.25) is 0 Å². The Labute approximate surface area is 155 Å². The van der Waals surface area contributed by atoms with Gasteiger partial charge in [-0.2, -0.15) is 15.0 Å². The lowest BCUT2D eigenvalue weighted by Crippen LogP contribution is -2.30. The topological polar surface area (TPSA) is 86.3 Å². The van der Waals surface area contributed by atoms with E-state index in [0.717, 1.165) is 38.1 Å². The minimum atomic E-state index is -0.850. The number of amides is 2. The monoisotopic (exact) mass is 377 g/mol. The number of carbonyl (C=O) groups excluding carboxylic acids is 1. The van der Waals surface area contributed by atoms with Gasteiger partial charge in [0, 0.05) is 33.3 Å². The van der Waals surface area contributed by atoms with E-state index in [9.17, 15) is 13.6 Å². The number of nitrogens with zero attached hydrogens (tertiary/aromatic N) is 5. The molecule has 1 fully saturated rings. The number of hydrogen-bond acceptors (Lipinski definition) is 6. The highest BCUT2D eigenvalue weighted by atomic mass is 19.1. The second-order valence-corrected chi connectivity index (χ2v) is 6.37. The van der Waals surface area contributed by atoms with Crippen LogP contribution in [0.5, 0.6) is 0 Å². The number of halogens is 2. The van der Waals surface area contributed by atoms with Crippen molar-refractivity contribution in [2.24, 2.45) is 0 Å².